The van der Waals surface area contributed by atoms with E-state index in [1.165, 1.54) is 18.3 Å². The van der Waals surface area contributed by atoms with Crippen molar-refractivity contribution in [3.05, 3.63) is 71.9 Å². The number of carbonyl (C=O) groups excluding carboxylic acids is 2. The van der Waals surface area contributed by atoms with Crippen LogP contribution in [0.2, 0.25) is 0 Å². The van der Waals surface area contributed by atoms with Crippen LogP contribution in [0.25, 0.3) is 10.9 Å². The Kier molecular flexibility index (Phi) is 12.0. The van der Waals surface area contributed by atoms with Crippen molar-refractivity contribution in [3.8, 4) is 0 Å². The monoisotopic (exact) mass is 574 g/mol. The van der Waals surface area contributed by atoms with Gasteiger partial charge in [-0.1, -0.05) is 30.3 Å². The minimum atomic E-state index is -4.49. The molecule has 41 heavy (non-hydrogen) atoms. The Morgan fingerprint density at radius 2 is 1.66 bits per heavy atom. The molecular formula is C28H37F3N8O2. The first-order valence-corrected chi connectivity index (χ1v) is 13.4. The SMILES string of the molecule is NCCN(CCN)NCCC[C@H](N)C(=O)N[C@@H](Cc1ccc(C(F)(F)F)cc1)C(=O)Nc1cnc2ccccc2c1. The summed E-state index contributed by atoms with van der Waals surface area (Å²) in [5, 5.41) is 8.13. The first-order valence-electron chi connectivity index (χ1n) is 13.4. The number of fused-ring (bicyclic) bond motifs is 1. The van der Waals surface area contributed by atoms with Gasteiger partial charge in [0.15, 0.2) is 0 Å². The van der Waals surface area contributed by atoms with E-state index in [9.17, 15) is 22.8 Å². The molecule has 10 nitrogen and oxygen atoms in total. The molecule has 0 aliphatic carbocycles. The summed E-state index contributed by atoms with van der Waals surface area (Å²) in [5.41, 5.74) is 21.3. The van der Waals surface area contributed by atoms with Gasteiger partial charge < -0.3 is 27.8 Å². The second-order valence-corrected chi connectivity index (χ2v) is 9.59. The highest BCUT2D eigenvalue weighted by atomic mass is 19.4. The van der Waals surface area contributed by atoms with Crippen molar-refractivity contribution < 1.29 is 22.8 Å². The number of anilines is 1. The maximum atomic E-state index is 13.3. The molecule has 1 aromatic heterocycles. The van der Waals surface area contributed by atoms with Crippen LogP contribution < -0.4 is 33.3 Å². The number of amides is 2. The standard InChI is InChI=1S/C28H37F3N8O2/c29-28(30,31)21-9-7-19(8-10-21)16-25(27(41)37-22-17-20-4-1-2-6-24(20)35-18-22)38-26(40)23(34)5-3-13-36-39(14-11-32)15-12-33/h1-2,4,6-10,17-18,23,25,36H,3,5,11-16,32-34H2,(H,37,41)(H,38,40)/t23-,25-/m0/s1. The normalized spacial score (nSPS) is 13.2. The van der Waals surface area contributed by atoms with E-state index in [0.29, 0.717) is 56.8 Å². The molecule has 2 atom stereocenters. The zero-order chi connectivity index (χ0) is 29.8. The van der Waals surface area contributed by atoms with Crippen molar-refractivity contribution >= 4 is 28.4 Å². The number of nitrogens with zero attached hydrogens (tertiary/aromatic N) is 2. The van der Waals surface area contributed by atoms with Gasteiger partial charge in [-0.3, -0.25) is 20.0 Å². The first-order chi connectivity index (χ1) is 19.6. The van der Waals surface area contributed by atoms with E-state index in [1.54, 1.807) is 6.07 Å². The molecule has 0 saturated heterocycles. The van der Waals surface area contributed by atoms with Crippen LogP contribution in [0.1, 0.15) is 24.0 Å². The molecular weight excluding hydrogens is 537 g/mol. The maximum absolute atomic E-state index is 13.3. The fraction of sp³-hybridized carbons (Fsp3) is 0.393. The lowest BCUT2D eigenvalue weighted by molar-refractivity contribution is -0.137. The number of benzene rings is 2. The van der Waals surface area contributed by atoms with Gasteiger partial charge in [0.2, 0.25) is 11.8 Å². The average molecular weight is 575 g/mol. The third kappa shape index (κ3) is 10.1. The molecule has 3 rings (SSSR count). The number of alkyl halides is 3. The fourth-order valence-corrected chi connectivity index (χ4v) is 4.19. The molecule has 0 fully saturated rings. The summed E-state index contributed by atoms with van der Waals surface area (Å²) >= 11 is 0. The van der Waals surface area contributed by atoms with Crippen molar-refractivity contribution in [2.45, 2.75) is 37.5 Å². The first kappa shape index (κ1) is 31.9. The largest absolute Gasteiger partial charge is 0.416 e. The minimum Gasteiger partial charge on any atom is -0.343 e. The van der Waals surface area contributed by atoms with E-state index in [-0.39, 0.29) is 6.42 Å². The second kappa shape index (κ2) is 15.4. The summed E-state index contributed by atoms with van der Waals surface area (Å²) in [6.45, 7) is 2.72. The smallest absolute Gasteiger partial charge is 0.343 e. The molecule has 1 heterocycles. The van der Waals surface area contributed by atoms with Crippen molar-refractivity contribution in [3.63, 3.8) is 0 Å². The molecule has 0 unspecified atom stereocenters. The Hall–Kier alpha value is -3.62. The molecule has 2 aromatic carbocycles. The summed E-state index contributed by atoms with van der Waals surface area (Å²) in [4.78, 5) is 30.6. The van der Waals surface area contributed by atoms with Gasteiger partial charge in [0.05, 0.1) is 29.0 Å². The Morgan fingerprint density at radius 1 is 0.976 bits per heavy atom. The Labute approximate surface area is 236 Å². The van der Waals surface area contributed by atoms with Gasteiger partial charge in [0, 0.05) is 44.5 Å². The van der Waals surface area contributed by atoms with Gasteiger partial charge in [-0.25, -0.2) is 5.01 Å². The summed E-state index contributed by atoms with van der Waals surface area (Å²) < 4.78 is 39.0. The van der Waals surface area contributed by atoms with Crippen LogP contribution in [0, 0.1) is 0 Å². The number of nitrogens with two attached hydrogens (primary N) is 3. The number of aromatic nitrogens is 1. The second-order valence-electron chi connectivity index (χ2n) is 9.59. The van der Waals surface area contributed by atoms with Crippen molar-refractivity contribution in [1.29, 1.82) is 0 Å². The molecule has 0 radical (unpaired) electrons. The molecule has 0 saturated carbocycles. The van der Waals surface area contributed by atoms with Crippen molar-refractivity contribution in [2.24, 2.45) is 17.2 Å². The average Bonchev–Trinajstić information content (AvgIpc) is 2.94. The highest BCUT2D eigenvalue weighted by molar-refractivity contribution is 5.99. The molecule has 222 valence electrons. The van der Waals surface area contributed by atoms with E-state index in [0.717, 1.165) is 23.0 Å². The van der Waals surface area contributed by atoms with Crippen LogP contribution in [0.5, 0.6) is 0 Å². The molecule has 0 aliphatic rings. The third-order valence-corrected chi connectivity index (χ3v) is 6.37. The summed E-state index contributed by atoms with van der Waals surface area (Å²) in [7, 11) is 0. The zero-order valence-corrected chi connectivity index (χ0v) is 22.7. The summed E-state index contributed by atoms with van der Waals surface area (Å²) in [6.07, 6.45) is -2.13. The van der Waals surface area contributed by atoms with Crippen LogP contribution in [-0.2, 0) is 22.2 Å². The number of nitrogens with one attached hydrogen (secondary N) is 3. The lowest BCUT2D eigenvalue weighted by Gasteiger charge is -2.23. The van der Waals surface area contributed by atoms with Gasteiger partial charge in [0.25, 0.3) is 0 Å². The predicted octanol–water partition coefficient (Wildman–Crippen LogP) is 1.75. The van der Waals surface area contributed by atoms with E-state index >= 15 is 0 Å². The van der Waals surface area contributed by atoms with Crippen LogP contribution in [0.15, 0.2) is 60.8 Å². The number of hydrogen-bond donors (Lipinski definition) is 6. The molecule has 9 N–H and O–H groups in total. The third-order valence-electron chi connectivity index (χ3n) is 6.37. The number of hydrogen-bond acceptors (Lipinski definition) is 8. The topological polar surface area (TPSA) is 164 Å². The minimum absolute atomic E-state index is 0.0435. The highest BCUT2D eigenvalue weighted by Crippen LogP contribution is 2.29. The lowest BCUT2D eigenvalue weighted by atomic mass is 10.0. The van der Waals surface area contributed by atoms with Crippen LogP contribution in [0.3, 0.4) is 0 Å². The van der Waals surface area contributed by atoms with Crippen LogP contribution in [0.4, 0.5) is 18.9 Å². The van der Waals surface area contributed by atoms with E-state index in [2.05, 4.69) is 21.0 Å². The maximum Gasteiger partial charge on any atom is 0.416 e. The molecule has 0 bridgehead atoms. The Balaban J connectivity index is 1.67. The van der Waals surface area contributed by atoms with Gasteiger partial charge in [-0.15, -0.1) is 0 Å². The number of halogens is 3. The molecule has 13 heteroatoms. The quantitative estimate of drug-likeness (QED) is 0.118. The van der Waals surface area contributed by atoms with Gasteiger partial charge in [0.1, 0.15) is 6.04 Å². The summed E-state index contributed by atoms with van der Waals surface area (Å²) in [6, 6.07) is 11.6. The number of rotatable bonds is 15. The fourth-order valence-electron chi connectivity index (χ4n) is 4.19. The molecule has 2 amide bonds. The highest BCUT2D eigenvalue weighted by Gasteiger charge is 2.30. The lowest BCUT2D eigenvalue weighted by Crippen LogP contribution is -2.51. The van der Waals surface area contributed by atoms with Gasteiger partial charge in [-0.2, -0.15) is 13.2 Å². The molecule has 0 aliphatic heterocycles. The van der Waals surface area contributed by atoms with Crippen LogP contribution >= 0.6 is 0 Å². The van der Waals surface area contributed by atoms with E-state index in [1.807, 2.05) is 29.3 Å². The summed E-state index contributed by atoms with van der Waals surface area (Å²) in [5.74, 6) is -1.10. The van der Waals surface area contributed by atoms with Crippen LogP contribution in [-0.4, -0.2) is 66.6 Å². The Bertz CT molecular complexity index is 1270. The van der Waals surface area contributed by atoms with E-state index < -0.39 is 35.6 Å². The zero-order valence-electron chi connectivity index (χ0n) is 22.7. The predicted molar refractivity (Wildman–Crippen MR) is 152 cm³/mol. The number of carbonyl (C=O) groups is 2. The van der Waals surface area contributed by atoms with Gasteiger partial charge in [-0.05, 0) is 42.7 Å². The van der Waals surface area contributed by atoms with E-state index in [4.69, 9.17) is 17.2 Å². The van der Waals surface area contributed by atoms with Crippen molar-refractivity contribution in [1.82, 2.24) is 20.7 Å². The van der Waals surface area contributed by atoms with Gasteiger partial charge >= 0.3 is 6.18 Å². The Morgan fingerprint density at radius 3 is 2.32 bits per heavy atom. The molecule has 0 spiro atoms. The number of para-hydroxylation sites is 1. The number of pyridine rings is 1. The van der Waals surface area contributed by atoms with Crippen molar-refractivity contribution in [2.75, 3.05) is 38.0 Å². The molecule has 3 aromatic rings. The number of hydrazine groups is 1.